The first kappa shape index (κ1) is 28.1. The first-order valence-corrected chi connectivity index (χ1v) is 14.3. The second-order valence-electron chi connectivity index (χ2n) is 12.7. The molecule has 3 fully saturated rings. The molecule has 7 heteroatoms. The van der Waals surface area contributed by atoms with E-state index in [0.717, 1.165) is 24.0 Å². The van der Waals surface area contributed by atoms with Crippen LogP contribution in [-0.2, 0) is 16.0 Å². The monoisotopic (exact) mass is 537 g/mol. The molecule has 8 atom stereocenters. The quantitative estimate of drug-likeness (QED) is 0.435. The average molecular weight is 538 g/mol. The standard InChI is InChI=1S/C32H43NO6/c1-19-14-22-23-9-12-32(37,28(36)18-33-13-10-20-6-7-26(38-4)27(15-20)39-5)31(23,3)17-25(35)29(22)30(2)11-8-21(34)16-24(19)30/h6-8,11,15-16,19,22-23,25,29,33,35,37H,9-10,12-14,17-18H2,1-5H3/t19?,22-,23-,25?,29+,30-,31-,32-/m0/s1. The molecule has 3 N–H and O–H groups in total. The Bertz CT molecular complexity index is 1210. The molecule has 5 rings (SSSR count). The van der Waals surface area contributed by atoms with Gasteiger partial charge >= 0.3 is 0 Å². The van der Waals surface area contributed by atoms with Crippen LogP contribution in [0.3, 0.4) is 0 Å². The fraction of sp³-hybridized carbons (Fsp3) is 0.625. The molecule has 0 aliphatic heterocycles. The summed E-state index contributed by atoms with van der Waals surface area (Å²) in [4.78, 5) is 25.8. The molecule has 212 valence electrons. The van der Waals surface area contributed by atoms with Gasteiger partial charge in [-0.1, -0.05) is 38.5 Å². The van der Waals surface area contributed by atoms with Crippen LogP contribution in [0.4, 0.5) is 0 Å². The summed E-state index contributed by atoms with van der Waals surface area (Å²) in [5.41, 5.74) is -0.373. The minimum Gasteiger partial charge on any atom is -0.493 e. The van der Waals surface area contributed by atoms with Crippen molar-refractivity contribution < 1.29 is 29.3 Å². The Morgan fingerprint density at radius 3 is 2.64 bits per heavy atom. The zero-order valence-electron chi connectivity index (χ0n) is 23.8. The third-order valence-electron chi connectivity index (χ3n) is 10.8. The molecule has 1 aromatic carbocycles. The molecule has 7 nitrogen and oxygen atoms in total. The van der Waals surface area contributed by atoms with E-state index in [9.17, 15) is 19.8 Å². The SMILES string of the molecule is COc1ccc(CCNCC(=O)[C@@]2(O)CC[C@H]3[C@@H]4CC(C)C5=CC(=O)C=C[C@]5(C)[C@H]4C(O)C[C@@]32C)cc1OC. The summed E-state index contributed by atoms with van der Waals surface area (Å²) < 4.78 is 10.7. The number of aliphatic hydroxyl groups excluding tert-OH is 1. The molecule has 3 saturated carbocycles. The van der Waals surface area contributed by atoms with E-state index in [0.29, 0.717) is 37.3 Å². The molecule has 0 saturated heterocycles. The highest BCUT2D eigenvalue weighted by molar-refractivity contribution is 6.01. The fourth-order valence-corrected chi connectivity index (χ4v) is 8.83. The topological polar surface area (TPSA) is 105 Å². The van der Waals surface area contributed by atoms with E-state index in [-0.39, 0.29) is 47.2 Å². The Hall–Kier alpha value is -2.48. The van der Waals surface area contributed by atoms with Gasteiger partial charge in [0.05, 0.1) is 26.9 Å². The number of hydrogen-bond donors (Lipinski definition) is 3. The van der Waals surface area contributed by atoms with Crippen LogP contribution >= 0.6 is 0 Å². The van der Waals surface area contributed by atoms with Gasteiger partial charge in [0.15, 0.2) is 23.1 Å². The van der Waals surface area contributed by atoms with Crippen LogP contribution in [0.15, 0.2) is 42.0 Å². The number of ether oxygens (including phenoxy) is 2. The van der Waals surface area contributed by atoms with Crippen molar-refractivity contribution >= 4 is 11.6 Å². The van der Waals surface area contributed by atoms with E-state index < -0.39 is 17.1 Å². The minimum absolute atomic E-state index is 0.0161. The zero-order chi connectivity index (χ0) is 28.2. The minimum atomic E-state index is -1.47. The number of aliphatic hydroxyl groups is 2. The largest absolute Gasteiger partial charge is 0.493 e. The molecule has 4 aliphatic rings. The summed E-state index contributed by atoms with van der Waals surface area (Å²) >= 11 is 0. The van der Waals surface area contributed by atoms with Gasteiger partial charge in [-0.05, 0) is 86.3 Å². The van der Waals surface area contributed by atoms with Crippen LogP contribution in [0, 0.1) is 34.5 Å². The zero-order valence-corrected chi connectivity index (χ0v) is 23.8. The lowest BCUT2D eigenvalue weighted by atomic mass is 9.45. The highest BCUT2D eigenvalue weighted by Crippen LogP contribution is 2.67. The highest BCUT2D eigenvalue weighted by atomic mass is 16.5. The molecule has 0 radical (unpaired) electrons. The van der Waals surface area contributed by atoms with Gasteiger partial charge in [-0.15, -0.1) is 0 Å². The number of carbonyl (C=O) groups excluding carboxylic acids is 2. The number of hydrogen-bond acceptors (Lipinski definition) is 7. The van der Waals surface area contributed by atoms with Crippen molar-refractivity contribution in [3.63, 3.8) is 0 Å². The Labute approximate surface area is 231 Å². The summed E-state index contributed by atoms with van der Waals surface area (Å²) in [5.74, 6) is 1.66. The van der Waals surface area contributed by atoms with Gasteiger partial charge in [0.1, 0.15) is 5.60 Å². The van der Waals surface area contributed by atoms with Crippen molar-refractivity contribution in [1.29, 1.82) is 0 Å². The summed E-state index contributed by atoms with van der Waals surface area (Å²) in [5, 5.41) is 26.8. The number of methoxy groups -OCH3 is 2. The van der Waals surface area contributed by atoms with Crippen molar-refractivity contribution in [2.75, 3.05) is 27.3 Å². The molecular weight excluding hydrogens is 494 g/mol. The third-order valence-corrected chi connectivity index (χ3v) is 10.8. The van der Waals surface area contributed by atoms with Gasteiger partial charge in [-0.25, -0.2) is 0 Å². The molecule has 0 amide bonds. The van der Waals surface area contributed by atoms with E-state index in [2.05, 4.69) is 19.2 Å². The second kappa shape index (κ2) is 10.2. The molecule has 4 aliphatic carbocycles. The molecule has 2 unspecified atom stereocenters. The maximum atomic E-state index is 13.6. The summed E-state index contributed by atoms with van der Waals surface area (Å²) in [6.45, 7) is 7.00. The number of fused-ring (bicyclic) bond motifs is 5. The summed E-state index contributed by atoms with van der Waals surface area (Å²) in [6.07, 6.45) is 7.88. The van der Waals surface area contributed by atoms with E-state index in [4.69, 9.17) is 9.47 Å². The Balaban J connectivity index is 1.28. The second-order valence-corrected chi connectivity index (χ2v) is 12.7. The van der Waals surface area contributed by atoms with Crippen LogP contribution in [-0.4, -0.2) is 60.8 Å². The Morgan fingerprint density at radius 1 is 1.18 bits per heavy atom. The molecule has 39 heavy (non-hydrogen) atoms. The van der Waals surface area contributed by atoms with Crippen LogP contribution < -0.4 is 14.8 Å². The van der Waals surface area contributed by atoms with Crippen molar-refractivity contribution in [1.82, 2.24) is 5.32 Å². The molecule has 1 aromatic rings. The van der Waals surface area contributed by atoms with E-state index in [1.165, 1.54) is 0 Å². The van der Waals surface area contributed by atoms with Gasteiger partial charge in [-0.3, -0.25) is 9.59 Å². The van der Waals surface area contributed by atoms with Crippen LogP contribution in [0.2, 0.25) is 0 Å². The van der Waals surface area contributed by atoms with Gasteiger partial charge < -0.3 is 25.0 Å². The van der Waals surface area contributed by atoms with E-state index >= 15 is 0 Å². The molecular formula is C32H43NO6. The number of ketones is 2. The maximum absolute atomic E-state index is 13.6. The van der Waals surface area contributed by atoms with Crippen LogP contribution in [0.1, 0.15) is 52.0 Å². The van der Waals surface area contributed by atoms with E-state index in [1.54, 1.807) is 26.4 Å². The summed E-state index contributed by atoms with van der Waals surface area (Å²) in [7, 11) is 3.21. The van der Waals surface area contributed by atoms with Gasteiger partial charge in [-0.2, -0.15) is 0 Å². The predicted molar refractivity (Wildman–Crippen MR) is 149 cm³/mol. The highest BCUT2D eigenvalue weighted by Gasteiger charge is 2.68. The number of carbonyl (C=O) groups is 2. The smallest absolute Gasteiger partial charge is 0.178 e. The first-order chi connectivity index (χ1) is 18.5. The van der Waals surface area contributed by atoms with Gasteiger partial charge in [0.25, 0.3) is 0 Å². The van der Waals surface area contributed by atoms with Crippen molar-refractivity contribution in [2.45, 2.75) is 64.6 Å². The third kappa shape index (κ3) is 4.37. The lowest BCUT2D eigenvalue weighted by molar-refractivity contribution is -0.177. The molecule has 0 spiro atoms. The van der Waals surface area contributed by atoms with Crippen molar-refractivity contribution in [3.05, 3.63) is 47.6 Å². The van der Waals surface area contributed by atoms with E-state index in [1.807, 2.05) is 31.2 Å². The van der Waals surface area contributed by atoms with Gasteiger partial charge in [0, 0.05) is 16.7 Å². The van der Waals surface area contributed by atoms with Crippen molar-refractivity contribution in [2.24, 2.45) is 34.5 Å². The summed E-state index contributed by atoms with van der Waals surface area (Å²) in [6, 6.07) is 5.78. The van der Waals surface area contributed by atoms with Crippen LogP contribution in [0.5, 0.6) is 11.5 Å². The Kier molecular flexibility index (Phi) is 7.32. The average Bonchev–Trinajstić information content (AvgIpc) is 3.18. The number of benzene rings is 1. The Morgan fingerprint density at radius 2 is 1.92 bits per heavy atom. The lowest BCUT2D eigenvalue weighted by Crippen LogP contribution is -2.62. The van der Waals surface area contributed by atoms with Crippen LogP contribution in [0.25, 0.3) is 0 Å². The molecule has 0 bridgehead atoms. The van der Waals surface area contributed by atoms with Gasteiger partial charge in [0.2, 0.25) is 0 Å². The van der Waals surface area contributed by atoms with Crippen molar-refractivity contribution in [3.8, 4) is 11.5 Å². The fourth-order valence-electron chi connectivity index (χ4n) is 8.83. The normalized spacial score (nSPS) is 38.9. The molecule has 0 aromatic heterocycles. The predicted octanol–water partition coefficient (Wildman–Crippen LogP) is 3.66. The number of allylic oxidation sites excluding steroid dienone is 4. The molecule has 0 heterocycles. The maximum Gasteiger partial charge on any atom is 0.178 e. The number of Topliss-reactive ketones (excluding diaryl/α,β-unsaturated/α-hetero) is 1. The lowest BCUT2D eigenvalue weighted by Gasteiger charge is -2.60. The first-order valence-electron chi connectivity index (χ1n) is 14.3. The number of nitrogens with one attached hydrogen (secondary N) is 1. The number of rotatable bonds is 8.